The molecule has 104 valence electrons. The van der Waals surface area contributed by atoms with Gasteiger partial charge in [0.2, 0.25) is 0 Å². The number of hydrogen-bond donors (Lipinski definition) is 0. The minimum atomic E-state index is -4.25. The molecule has 5 heteroatoms. The average Bonchev–Trinajstić information content (AvgIpc) is 2.68. The Bertz CT molecular complexity index is 512. The summed E-state index contributed by atoms with van der Waals surface area (Å²) in [5, 5.41) is 0.154. The summed E-state index contributed by atoms with van der Waals surface area (Å²) in [5.41, 5.74) is -3.62. The van der Waals surface area contributed by atoms with Crippen LogP contribution in [0, 0.1) is 5.92 Å². The Morgan fingerprint density at radius 3 is 2.47 bits per heavy atom. The zero-order valence-corrected chi connectivity index (χ0v) is 11.5. The fourth-order valence-corrected chi connectivity index (χ4v) is 3.01. The predicted octanol–water partition coefficient (Wildman–Crippen LogP) is 5.77. The molecular weight excluding hydrogens is 273 g/mol. The van der Waals surface area contributed by atoms with Crippen molar-refractivity contribution >= 4 is 22.7 Å². The van der Waals surface area contributed by atoms with Gasteiger partial charge in [-0.15, -0.1) is 0 Å². The van der Waals surface area contributed by atoms with Crippen molar-refractivity contribution in [2.24, 2.45) is 5.92 Å². The number of furan rings is 1. The van der Waals surface area contributed by atoms with E-state index in [0.29, 0.717) is 17.8 Å². The third kappa shape index (κ3) is 3.93. The van der Waals surface area contributed by atoms with E-state index in [0.717, 1.165) is 5.39 Å². The third-order valence-electron chi connectivity index (χ3n) is 2.72. The maximum atomic E-state index is 12.6. The number of hydrogen-bond acceptors (Lipinski definition) is 2. The molecule has 1 aromatic heterocycles. The number of halogens is 3. The van der Waals surface area contributed by atoms with Crippen LogP contribution in [0.1, 0.15) is 31.3 Å². The maximum absolute atomic E-state index is 12.6. The Labute approximate surface area is 114 Å². The fraction of sp³-hybridized carbons (Fsp3) is 0.429. The van der Waals surface area contributed by atoms with E-state index in [-0.39, 0.29) is 17.7 Å². The second kappa shape index (κ2) is 5.49. The van der Waals surface area contributed by atoms with Crippen LogP contribution in [0.3, 0.4) is 0 Å². The first-order valence-corrected chi connectivity index (χ1v) is 6.96. The van der Waals surface area contributed by atoms with E-state index in [1.54, 1.807) is 12.1 Å². The van der Waals surface area contributed by atoms with E-state index in [1.807, 2.05) is 32.0 Å². The van der Waals surface area contributed by atoms with Crippen LogP contribution in [-0.2, 0) is 0 Å². The van der Waals surface area contributed by atoms with Gasteiger partial charge < -0.3 is 4.42 Å². The zero-order valence-electron chi connectivity index (χ0n) is 10.7. The summed E-state index contributed by atoms with van der Waals surface area (Å²) in [6.45, 7) is 3.82. The fourth-order valence-electron chi connectivity index (χ4n) is 1.97. The van der Waals surface area contributed by atoms with E-state index < -0.39 is 10.8 Å². The molecule has 0 aliphatic carbocycles. The van der Waals surface area contributed by atoms with Crippen molar-refractivity contribution in [1.82, 2.24) is 0 Å². The molecule has 0 N–H and O–H groups in total. The summed E-state index contributed by atoms with van der Waals surface area (Å²) in [6, 6.07) is 8.97. The van der Waals surface area contributed by atoms with Crippen molar-refractivity contribution in [2.45, 2.75) is 31.0 Å². The van der Waals surface area contributed by atoms with E-state index in [2.05, 4.69) is 0 Å². The first-order chi connectivity index (χ1) is 8.85. The van der Waals surface area contributed by atoms with E-state index in [4.69, 9.17) is 4.42 Å². The van der Waals surface area contributed by atoms with Crippen LogP contribution in [0.4, 0.5) is 13.2 Å². The van der Waals surface area contributed by atoms with Gasteiger partial charge >= 0.3 is 5.51 Å². The summed E-state index contributed by atoms with van der Waals surface area (Å²) in [4.78, 5) is 0. The highest BCUT2D eigenvalue weighted by molar-refractivity contribution is 8.00. The lowest BCUT2D eigenvalue weighted by molar-refractivity contribution is -0.0336. The number of thioether (sulfide) groups is 1. The van der Waals surface area contributed by atoms with Crippen molar-refractivity contribution in [3.8, 4) is 0 Å². The largest absolute Gasteiger partial charge is 0.460 e. The number of rotatable bonds is 4. The molecule has 0 amide bonds. The standard InChI is InChI=1S/C14H15F3OS/c1-9(2)7-13(19-14(15,16)17)12-8-10-5-3-4-6-11(10)18-12/h3-6,8-9,13H,7H2,1-2H3. The second-order valence-corrected chi connectivity index (χ2v) is 6.14. The lowest BCUT2D eigenvalue weighted by Gasteiger charge is -2.17. The first-order valence-electron chi connectivity index (χ1n) is 6.08. The van der Waals surface area contributed by atoms with E-state index >= 15 is 0 Å². The van der Waals surface area contributed by atoms with Gasteiger partial charge in [-0.25, -0.2) is 0 Å². The van der Waals surface area contributed by atoms with E-state index in [1.165, 1.54) is 0 Å². The molecule has 1 unspecified atom stereocenters. The molecule has 0 saturated heterocycles. The summed E-state index contributed by atoms with van der Waals surface area (Å²) in [5.74, 6) is 0.574. The molecule has 0 saturated carbocycles. The van der Waals surface area contributed by atoms with Gasteiger partial charge in [0.25, 0.3) is 0 Å². The molecule has 1 atom stereocenters. The normalized spacial score (nSPS) is 14.2. The van der Waals surface area contributed by atoms with Crippen LogP contribution in [0.25, 0.3) is 11.0 Å². The minimum absolute atomic E-state index is 0.00477. The Kier molecular flexibility index (Phi) is 4.13. The predicted molar refractivity (Wildman–Crippen MR) is 72.1 cm³/mol. The van der Waals surface area contributed by atoms with Crippen molar-refractivity contribution in [3.05, 3.63) is 36.1 Å². The van der Waals surface area contributed by atoms with Gasteiger partial charge in [0, 0.05) is 5.39 Å². The van der Waals surface area contributed by atoms with Gasteiger partial charge in [0.05, 0.1) is 5.25 Å². The summed E-state index contributed by atoms with van der Waals surface area (Å²) in [7, 11) is 0. The molecule has 0 aliphatic rings. The van der Waals surface area contributed by atoms with Crippen molar-refractivity contribution in [2.75, 3.05) is 0 Å². The molecule has 0 spiro atoms. The van der Waals surface area contributed by atoms with Gasteiger partial charge in [-0.3, -0.25) is 0 Å². The van der Waals surface area contributed by atoms with Crippen LogP contribution in [0.2, 0.25) is 0 Å². The Balaban J connectivity index is 2.30. The Hall–Kier alpha value is -1.10. The molecule has 1 heterocycles. The van der Waals surface area contributed by atoms with Crippen LogP contribution in [0.15, 0.2) is 34.7 Å². The first kappa shape index (κ1) is 14.3. The molecule has 0 bridgehead atoms. The highest BCUT2D eigenvalue weighted by Gasteiger charge is 2.35. The lowest BCUT2D eigenvalue weighted by Crippen LogP contribution is -2.07. The quantitative estimate of drug-likeness (QED) is 0.708. The van der Waals surface area contributed by atoms with Crippen LogP contribution < -0.4 is 0 Å². The molecule has 1 aromatic carbocycles. The Morgan fingerprint density at radius 2 is 1.89 bits per heavy atom. The summed E-state index contributed by atoms with van der Waals surface area (Å²) in [6.07, 6.45) is 0.435. The van der Waals surface area contributed by atoms with Gasteiger partial charge in [-0.1, -0.05) is 32.0 Å². The average molecular weight is 288 g/mol. The number of fused-ring (bicyclic) bond motifs is 1. The van der Waals surface area contributed by atoms with E-state index in [9.17, 15) is 13.2 Å². The molecule has 0 aliphatic heterocycles. The van der Waals surface area contributed by atoms with Crippen LogP contribution >= 0.6 is 11.8 Å². The number of para-hydroxylation sites is 1. The smallest absolute Gasteiger partial charge is 0.442 e. The summed E-state index contributed by atoms with van der Waals surface area (Å²) < 4.78 is 43.4. The maximum Gasteiger partial charge on any atom is 0.442 e. The summed E-state index contributed by atoms with van der Waals surface area (Å²) >= 11 is 0.00477. The molecule has 2 rings (SSSR count). The highest BCUT2D eigenvalue weighted by Crippen LogP contribution is 2.46. The second-order valence-electron chi connectivity index (χ2n) is 4.87. The third-order valence-corrected chi connectivity index (χ3v) is 3.70. The topological polar surface area (TPSA) is 13.1 Å². The molecular formula is C14H15F3OS. The number of benzene rings is 1. The molecule has 19 heavy (non-hydrogen) atoms. The van der Waals surface area contributed by atoms with Gasteiger partial charge in [-0.05, 0) is 36.2 Å². The van der Waals surface area contributed by atoms with Crippen molar-refractivity contribution in [1.29, 1.82) is 0 Å². The lowest BCUT2D eigenvalue weighted by atomic mass is 10.1. The van der Waals surface area contributed by atoms with Crippen molar-refractivity contribution in [3.63, 3.8) is 0 Å². The van der Waals surface area contributed by atoms with Crippen LogP contribution in [-0.4, -0.2) is 5.51 Å². The van der Waals surface area contributed by atoms with Gasteiger partial charge in [0.15, 0.2) is 0 Å². The zero-order chi connectivity index (χ0) is 14.0. The van der Waals surface area contributed by atoms with Crippen LogP contribution in [0.5, 0.6) is 0 Å². The van der Waals surface area contributed by atoms with Gasteiger partial charge in [-0.2, -0.15) is 13.2 Å². The molecule has 0 radical (unpaired) electrons. The number of alkyl halides is 3. The molecule has 0 fully saturated rings. The Morgan fingerprint density at radius 1 is 1.21 bits per heavy atom. The highest BCUT2D eigenvalue weighted by atomic mass is 32.2. The molecule has 2 aromatic rings. The van der Waals surface area contributed by atoms with Crippen molar-refractivity contribution < 1.29 is 17.6 Å². The molecule has 1 nitrogen and oxygen atoms in total. The SMILES string of the molecule is CC(C)CC(SC(F)(F)F)c1cc2ccccc2o1. The monoisotopic (exact) mass is 288 g/mol. The van der Waals surface area contributed by atoms with Gasteiger partial charge in [0.1, 0.15) is 11.3 Å². The minimum Gasteiger partial charge on any atom is -0.460 e.